The van der Waals surface area contributed by atoms with Gasteiger partial charge >= 0.3 is 0 Å². The number of thiophene rings is 1. The average molecular weight is 256 g/mol. The fraction of sp³-hybridized carbons (Fsp3) is 0.692. The Balaban J connectivity index is 2.40. The average Bonchev–Trinajstić information content (AvgIpc) is 2.79. The SMILES string of the molecule is CCOCC(C)NCC(c1cccs1)N(C)C. The molecule has 0 aliphatic carbocycles. The standard InChI is InChI=1S/C13H24N2OS/c1-5-16-10-11(2)14-9-12(15(3)4)13-7-6-8-17-13/h6-8,11-12,14H,5,9-10H2,1-4H3. The molecule has 1 heterocycles. The molecule has 2 atom stereocenters. The minimum Gasteiger partial charge on any atom is -0.380 e. The van der Waals surface area contributed by atoms with Gasteiger partial charge in [-0.15, -0.1) is 11.3 Å². The van der Waals surface area contributed by atoms with E-state index in [0.717, 1.165) is 19.8 Å². The molecule has 0 spiro atoms. The van der Waals surface area contributed by atoms with Gasteiger partial charge < -0.3 is 15.0 Å². The molecule has 4 heteroatoms. The summed E-state index contributed by atoms with van der Waals surface area (Å²) in [5, 5.41) is 5.66. The van der Waals surface area contributed by atoms with Crippen molar-refractivity contribution in [1.29, 1.82) is 0 Å². The largest absolute Gasteiger partial charge is 0.380 e. The number of hydrogen-bond acceptors (Lipinski definition) is 4. The number of nitrogens with zero attached hydrogens (tertiary/aromatic N) is 1. The molecule has 0 saturated carbocycles. The van der Waals surface area contributed by atoms with Crippen LogP contribution in [0, 0.1) is 0 Å². The van der Waals surface area contributed by atoms with Crippen molar-refractivity contribution in [3.8, 4) is 0 Å². The lowest BCUT2D eigenvalue weighted by Gasteiger charge is -2.25. The normalized spacial score (nSPS) is 15.1. The first-order chi connectivity index (χ1) is 8.15. The Labute approximate surface area is 109 Å². The van der Waals surface area contributed by atoms with E-state index in [-0.39, 0.29) is 0 Å². The van der Waals surface area contributed by atoms with E-state index in [4.69, 9.17) is 4.74 Å². The van der Waals surface area contributed by atoms with Gasteiger partial charge in [0.25, 0.3) is 0 Å². The molecule has 0 bridgehead atoms. The first-order valence-electron chi connectivity index (χ1n) is 6.16. The van der Waals surface area contributed by atoms with Gasteiger partial charge in [0.2, 0.25) is 0 Å². The van der Waals surface area contributed by atoms with Crippen molar-refractivity contribution in [1.82, 2.24) is 10.2 Å². The summed E-state index contributed by atoms with van der Waals surface area (Å²) in [7, 11) is 4.25. The highest BCUT2D eigenvalue weighted by Crippen LogP contribution is 2.22. The number of likely N-dealkylation sites (N-methyl/N-ethyl adjacent to an activating group) is 1. The van der Waals surface area contributed by atoms with Crippen molar-refractivity contribution in [2.24, 2.45) is 0 Å². The van der Waals surface area contributed by atoms with E-state index in [9.17, 15) is 0 Å². The van der Waals surface area contributed by atoms with Gasteiger partial charge in [-0.1, -0.05) is 6.07 Å². The quantitative estimate of drug-likeness (QED) is 0.773. The van der Waals surface area contributed by atoms with Gasteiger partial charge in [-0.05, 0) is 39.4 Å². The Morgan fingerprint density at radius 3 is 2.76 bits per heavy atom. The van der Waals surface area contributed by atoms with Crippen LogP contribution in [0.1, 0.15) is 24.8 Å². The number of hydrogen-bond donors (Lipinski definition) is 1. The summed E-state index contributed by atoms with van der Waals surface area (Å²) >= 11 is 1.82. The first-order valence-corrected chi connectivity index (χ1v) is 7.04. The summed E-state index contributed by atoms with van der Waals surface area (Å²) in [5.41, 5.74) is 0. The highest BCUT2D eigenvalue weighted by atomic mass is 32.1. The Morgan fingerprint density at radius 2 is 2.24 bits per heavy atom. The maximum atomic E-state index is 5.41. The van der Waals surface area contributed by atoms with Crippen LogP contribution in [-0.4, -0.2) is 44.8 Å². The zero-order valence-electron chi connectivity index (χ0n) is 11.3. The van der Waals surface area contributed by atoms with Gasteiger partial charge in [0.15, 0.2) is 0 Å². The second-order valence-corrected chi connectivity index (χ2v) is 5.44. The lowest BCUT2D eigenvalue weighted by atomic mass is 10.2. The molecule has 0 radical (unpaired) electrons. The predicted molar refractivity (Wildman–Crippen MR) is 74.7 cm³/mol. The maximum absolute atomic E-state index is 5.41. The Morgan fingerprint density at radius 1 is 1.47 bits per heavy atom. The lowest BCUT2D eigenvalue weighted by molar-refractivity contribution is 0.124. The monoisotopic (exact) mass is 256 g/mol. The Hall–Kier alpha value is -0.420. The summed E-state index contributed by atoms with van der Waals surface area (Å²) in [6, 6.07) is 5.15. The van der Waals surface area contributed by atoms with Gasteiger partial charge in [-0.3, -0.25) is 0 Å². The lowest BCUT2D eigenvalue weighted by Crippen LogP contribution is -2.37. The van der Waals surface area contributed by atoms with Crippen LogP contribution >= 0.6 is 11.3 Å². The summed E-state index contributed by atoms with van der Waals surface area (Å²) in [6.07, 6.45) is 0. The Bertz CT molecular complexity index is 288. The van der Waals surface area contributed by atoms with Gasteiger partial charge in [-0.2, -0.15) is 0 Å². The number of ether oxygens (including phenoxy) is 1. The molecule has 0 aliphatic rings. The zero-order chi connectivity index (χ0) is 12.7. The summed E-state index contributed by atoms with van der Waals surface area (Å²) in [4.78, 5) is 3.66. The minimum atomic E-state index is 0.400. The van der Waals surface area contributed by atoms with Crippen LogP contribution < -0.4 is 5.32 Å². The third-order valence-corrected chi connectivity index (χ3v) is 3.70. The van der Waals surface area contributed by atoms with Crippen molar-refractivity contribution in [3.63, 3.8) is 0 Å². The molecule has 17 heavy (non-hydrogen) atoms. The van der Waals surface area contributed by atoms with E-state index in [0.29, 0.717) is 12.1 Å². The molecule has 0 saturated heterocycles. The highest BCUT2D eigenvalue weighted by molar-refractivity contribution is 7.10. The van der Waals surface area contributed by atoms with Crippen molar-refractivity contribution < 1.29 is 4.74 Å². The molecule has 0 amide bonds. The van der Waals surface area contributed by atoms with E-state index in [1.807, 2.05) is 18.3 Å². The molecular formula is C13H24N2OS. The van der Waals surface area contributed by atoms with Gasteiger partial charge in [0.1, 0.15) is 0 Å². The molecule has 1 aromatic heterocycles. The van der Waals surface area contributed by atoms with E-state index >= 15 is 0 Å². The molecule has 2 unspecified atom stereocenters. The molecule has 1 aromatic rings. The molecule has 98 valence electrons. The highest BCUT2D eigenvalue weighted by Gasteiger charge is 2.15. The smallest absolute Gasteiger partial charge is 0.0616 e. The van der Waals surface area contributed by atoms with Crippen LogP contribution in [0.5, 0.6) is 0 Å². The second kappa shape index (κ2) is 7.82. The van der Waals surface area contributed by atoms with Crippen molar-refractivity contribution in [2.45, 2.75) is 25.9 Å². The third-order valence-electron chi connectivity index (χ3n) is 2.73. The van der Waals surface area contributed by atoms with E-state index in [2.05, 4.69) is 48.7 Å². The van der Waals surface area contributed by atoms with E-state index in [1.165, 1.54) is 4.88 Å². The van der Waals surface area contributed by atoms with Crippen LogP contribution in [0.2, 0.25) is 0 Å². The van der Waals surface area contributed by atoms with Crippen LogP contribution in [0.3, 0.4) is 0 Å². The predicted octanol–water partition coefficient (Wildman–Crippen LogP) is 2.37. The summed E-state index contributed by atoms with van der Waals surface area (Å²) < 4.78 is 5.41. The zero-order valence-corrected chi connectivity index (χ0v) is 12.1. The topological polar surface area (TPSA) is 24.5 Å². The maximum Gasteiger partial charge on any atom is 0.0616 e. The molecule has 0 aromatic carbocycles. The summed E-state index contributed by atoms with van der Waals surface area (Å²) in [6.45, 7) is 6.72. The van der Waals surface area contributed by atoms with Crippen LogP contribution in [-0.2, 0) is 4.74 Å². The van der Waals surface area contributed by atoms with Crippen molar-refractivity contribution in [2.75, 3.05) is 33.9 Å². The van der Waals surface area contributed by atoms with E-state index in [1.54, 1.807) is 0 Å². The van der Waals surface area contributed by atoms with Crippen LogP contribution in [0.15, 0.2) is 17.5 Å². The van der Waals surface area contributed by atoms with Gasteiger partial charge in [0, 0.05) is 24.1 Å². The summed E-state index contributed by atoms with van der Waals surface area (Å²) in [5.74, 6) is 0. The second-order valence-electron chi connectivity index (χ2n) is 4.46. The van der Waals surface area contributed by atoms with Gasteiger partial charge in [0.05, 0.1) is 12.6 Å². The number of rotatable bonds is 8. The number of nitrogens with one attached hydrogen (secondary N) is 1. The molecule has 1 N–H and O–H groups in total. The molecule has 0 aliphatic heterocycles. The fourth-order valence-corrected chi connectivity index (χ4v) is 2.61. The first kappa shape index (κ1) is 14.6. The van der Waals surface area contributed by atoms with Crippen LogP contribution in [0.25, 0.3) is 0 Å². The molecule has 3 nitrogen and oxygen atoms in total. The Kier molecular flexibility index (Phi) is 6.73. The fourth-order valence-electron chi connectivity index (χ4n) is 1.68. The third kappa shape index (κ3) is 5.17. The molecule has 0 fully saturated rings. The minimum absolute atomic E-state index is 0.400. The van der Waals surface area contributed by atoms with E-state index < -0.39 is 0 Å². The molecule has 1 rings (SSSR count). The molecular weight excluding hydrogens is 232 g/mol. The van der Waals surface area contributed by atoms with Crippen molar-refractivity contribution >= 4 is 11.3 Å². The van der Waals surface area contributed by atoms with Crippen molar-refractivity contribution in [3.05, 3.63) is 22.4 Å². The van der Waals surface area contributed by atoms with Crippen LogP contribution in [0.4, 0.5) is 0 Å². The van der Waals surface area contributed by atoms with Gasteiger partial charge in [-0.25, -0.2) is 0 Å².